The highest BCUT2D eigenvalue weighted by atomic mass is 32.1. The van der Waals surface area contributed by atoms with Crippen molar-refractivity contribution in [3.63, 3.8) is 0 Å². The molecule has 110 valence electrons. The van der Waals surface area contributed by atoms with Gasteiger partial charge in [0.25, 0.3) is 0 Å². The molecule has 1 rings (SSSR count). The maximum absolute atomic E-state index is 2.38. The molecular weight excluding hydrogens is 248 g/mol. The van der Waals surface area contributed by atoms with Crippen LogP contribution < -0.4 is 0 Å². The number of hydrogen-bond donors (Lipinski definition) is 0. The van der Waals surface area contributed by atoms with Crippen LogP contribution in [0.4, 0.5) is 0 Å². The van der Waals surface area contributed by atoms with Gasteiger partial charge in [-0.05, 0) is 47.1 Å². The Morgan fingerprint density at radius 3 is 2.37 bits per heavy atom. The molecule has 1 heterocycles. The highest BCUT2D eigenvalue weighted by Gasteiger charge is 2.17. The fourth-order valence-corrected chi connectivity index (χ4v) is 3.69. The van der Waals surface area contributed by atoms with Gasteiger partial charge >= 0.3 is 0 Å². The van der Waals surface area contributed by atoms with Gasteiger partial charge in [-0.2, -0.15) is 11.3 Å². The molecule has 0 saturated heterocycles. The molecular formula is C18H32S. The maximum Gasteiger partial charge on any atom is -0.00584 e. The van der Waals surface area contributed by atoms with Crippen molar-refractivity contribution in [2.45, 2.75) is 84.5 Å². The van der Waals surface area contributed by atoms with Gasteiger partial charge in [0, 0.05) is 0 Å². The van der Waals surface area contributed by atoms with Crippen LogP contribution in [0.15, 0.2) is 16.8 Å². The molecule has 0 spiro atoms. The number of thiophene rings is 1. The van der Waals surface area contributed by atoms with E-state index in [1.165, 1.54) is 57.8 Å². The van der Waals surface area contributed by atoms with Gasteiger partial charge in [0.1, 0.15) is 0 Å². The minimum absolute atomic E-state index is 0.819. The van der Waals surface area contributed by atoms with E-state index < -0.39 is 0 Å². The smallest absolute Gasteiger partial charge is 0.00584 e. The van der Waals surface area contributed by atoms with Crippen LogP contribution >= 0.6 is 11.3 Å². The average Bonchev–Trinajstić information content (AvgIpc) is 2.95. The molecule has 2 unspecified atom stereocenters. The maximum atomic E-state index is 2.38. The van der Waals surface area contributed by atoms with Crippen molar-refractivity contribution in [1.29, 1.82) is 0 Å². The summed E-state index contributed by atoms with van der Waals surface area (Å²) in [6, 6.07) is 2.35. The van der Waals surface area contributed by atoms with Gasteiger partial charge < -0.3 is 0 Å². The highest BCUT2D eigenvalue weighted by Crippen LogP contribution is 2.33. The second kappa shape index (κ2) is 10.5. The lowest BCUT2D eigenvalue weighted by atomic mass is 9.83. The molecule has 1 aromatic rings. The van der Waals surface area contributed by atoms with E-state index in [1.54, 1.807) is 5.56 Å². The Hall–Kier alpha value is -0.300. The van der Waals surface area contributed by atoms with Crippen LogP contribution in [-0.2, 0) is 0 Å². The number of rotatable bonds is 11. The first-order valence-corrected chi connectivity index (χ1v) is 9.28. The molecule has 0 fully saturated rings. The van der Waals surface area contributed by atoms with E-state index in [0.717, 1.165) is 11.8 Å². The van der Waals surface area contributed by atoms with Crippen molar-refractivity contribution in [1.82, 2.24) is 0 Å². The Balaban J connectivity index is 2.52. The van der Waals surface area contributed by atoms with E-state index in [9.17, 15) is 0 Å². The minimum atomic E-state index is 0.819. The third-order valence-electron chi connectivity index (χ3n) is 4.33. The van der Waals surface area contributed by atoms with Crippen molar-refractivity contribution < 1.29 is 0 Å². The molecule has 1 aromatic heterocycles. The van der Waals surface area contributed by atoms with Gasteiger partial charge in [-0.15, -0.1) is 0 Å². The molecule has 19 heavy (non-hydrogen) atoms. The molecule has 0 aromatic carbocycles. The first-order chi connectivity index (χ1) is 9.31. The van der Waals surface area contributed by atoms with Crippen molar-refractivity contribution in [2.75, 3.05) is 0 Å². The summed E-state index contributed by atoms with van der Waals surface area (Å²) in [5.41, 5.74) is 1.61. The van der Waals surface area contributed by atoms with E-state index in [4.69, 9.17) is 0 Å². The second-order valence-corrected chi connectivity index (χ2v) is 6.68. The second-order valence-electron chi connectivity index (χ2n) is 5.90. The van der Waals surface area contributed by atoms with Gasteiger partial charge in [-0.25, -0.2) is 0 Å². The summed E-state index contributed by atoms with van der Waals surface area (Å²) in [7, 11) is 0. The quantitative estimate of drug-likeness (QED) is 0.382. The summed E-state index contributed by atoms with van der Waals surface area (Å²) >= 11 is 1.86. The van der Waals surface area contributed by atoms with Gasteiger partial charge in [0.15, 0.2) is 0 Å². The van der Waals surface area contributed by atoms with Crippen molar-refractivity contribution in [2.24, 2.45) is 5.92 Å². The molecule has 0 aliphatic carbocycles. The fraction of sp³-hybridized carbons (Fsp3) is 0.778. The molecule has 0 nitrogen and oxygen atoms in total. The van der Waals surface area contributed by atoms with Gasteiger partial charge in [0.05, 0.1) is 0 Å². The zero-order chi connectivity index (χ0) is 13.9. The van der Waals surface area contributed by atoms with Gasteiger partial charge in [-0.3, -0.25) is 0 Å². The van der Waals surface area contributed by atoms with Crippen molar-refractivity contribution in [3.8, 4) is 0 Å². The van der Waals surface area contributed by atoms with E-state index in [-0.39, 0.29) is 0 Å². The molecule has 0 aliphatic heterocycles. The Morgan fingerprint density at radius 1 is 1.00 bits per heavy atom. The SMILES string of the molecule is CCCCCC(CC(CC)CCCC)c1ccsc1. The lowest BCUT2D eigenvalue weighted by Gasteiger charge is -2.22. The Labute approximate surface area is 124 Å². The first-order valence-electron chi connectivity index (χ1n) is 8.33. The normalized spacial score (nSPS) is 14.5. The third-order valence-corrected chi connectivity index (χ3v) is 5.03. The number of hydrogen-bond acceptors (Lipinski definition) is 1. The number of unbranched alkanes of at least 4 members (excludes halogenated alkanes) is 3. The van der Waals surface area contributed by atoms with Crippen molar-refractivity contribution in [3.05, 3.63) is 22.4 Å². The minimum Gasteiger partial charge on any atom is -0.152 e. The summed E-state index contributed by atoms with van der Waals surface area (Å²) in [6.07, 6.45) is 12.5. The zero-order valence-electron chi connectivity index (χ0n) is 13.2. The standard InChI is InChI=1S/C18H32S/c1-4-7-9-11-17(18-12-13-19-15-18)14-16(6-3)10-8-5-2/h12-13,15-17H,4-11,14H2,1-3H3. The average molecular weight is 281 g/mol. The first kappa shape index (κ1) is 16.8. The predicted molar refractivity (Wildman–Crippen MR) is 89.1 cm³/mol. The Bertz CT molecular complexity index is 289. The summed E-state index contributed by atoms with van der Waals surface area (Å²) < 4.78 is 0. The molecule has 1 heteroatoms. The van der Waals surface area contributed by atoms with E-state index in [2.05, 4.69) is 37.6 Å². The van der Waals surface area contributed by atoms with E-state index in [0.29, 0.717) is 0 Å². The Kier molecular flexibility index (Phi) is 9.24. The summed E-state index contributed by atoms with van der Waals surface area (Å²) in [5.74, 6) is 1.76. The lowest BCUT2D eigenvalue weighted by Crippen LogP contribution is -2.07. The monoisotopic (exact) mass is 280 g/mol. The molecule has 0 saturated carbocycles. The van der Waals surface area contributed by atoms with Crippen LogP contribution in [0.5, 0.6) is 0 Å². The van der Waals surface area contributed by atoms with E-state index in [1.807, 2.05) is 11.3 Å². The van der Waals surface area contributed by atoms with Crippen LogP contribution in [0.2, 0.25) is 0 Å². The topological polar surface area (TPSA) is 0 Å². The van der Waals surface area contributed by atoms with Crippen molar-refractivity contribution >= 4 is 11.3 Å². The molecule has 0 bridgehead atoms. The molecule has 0 N–H and O–H groups in total. The Morgan fingerprint density at radius 2 is 1.79 bits per heavy atom. The van der Waals surface area contributed by atoms with E-state index >= 15 is 0 Å². The van der Waals surface area contributed by atoms with Crippen LogP contribution in [0, 0.1) is 5.92 Å². The predicted octanol–water partition coefficient (Wildman–Crippen LogP) is 7.02. The molecule has 2 atom stereocenters. The zero-order valence-corrected chi connectivity index (χ0v) is 14.0. The third kappa shape index (κ3) is 6.61. The van der Waals surface area contributed by atoms with Gasteiger partial charge in [0.2, 0.25) is 0 Å². The van der Waals surface area contributed by atoms with Gasteiger partial charge in [-0.1, -0.05) is 65.7 Å². The van der Waals surface area contributed by atoms with Crippen LogP contribution in [0.3, 0.4) is 0 Å². The summed E-state index contributed by atoms with van der Waals surface area (Å²) in [4.78, 5) is 0. The fourth-order valence-electron chi connectivity index (χ4n) is 2.95. The van der Waals surface area contributed by atoms with Crippen LogP contribution in [0.25, 0.3) is 0 Å². The molecule has 0 amide bonds. The van der Waals surface area contributed by atoms with Crippen LogP contribution in [-0.4, -0.2) is 0 Å². The highest BCUT2D eigenvalue weighted by molar-refractivity contribution is 7.07. The summed E-state index contributed by atoms with van der Waals surface area (Å²) in [5, 5.41) is 4.62. The molecule has 0 aliphatic rings. The largest absolute Gasteiger partial charge is 0.152 e. The lowest BCUT2D eigenvalue weighted by molar-refractivity contribution is 0.370. The van der Waals surface area contributed by atoms with Crippen LogP contribution in [0.1, 0.15) is 90.0 Å². The summed E-state index contributed by atoms with van der Waals surface area (Å²) in [6.45, 7) is 6.98. The molecule has 0 radical (unpaired) electrons.